The van der Waals surface area contributed by atoms with Crippen LogP contribution in [0.4, 0.5) is 0 Å². The van der Waals surface area contributed by atoms with E-state index in [4.69, 9.17) is 5.26 Å². The van der Waals surface area contributed by atoms with Crippen LogP contribution in [0.5, 0.6) is 0 Å². The first-order valence-corrected chi connectivity index (χ1v) is 11.1. The molecule has 0 saturated carbocycles. The van der Waals surface area contributed by atoms with Crippen molar-refractivity contribution in [1.29, 1.82) is 5.26 Å². The molecule has 0 aliphatic carbocycles. The number of carbonyl (C=O) groups excluding carboxylic acids is 1. The van der Waals surface area contributed by atoms with Gasteiger partial charge in [-0.1, -0.05) is 42.5 Å². The summed E-state index contributed by atoms with van der Waals surface area (Å²) in [7, 11) is 0. The first-order valence-electron chi connectivity index (χ1n) is 11.1. The highest BCUT2D eigenvalue weighted by molar-refractivity contribution is 5.94. The molecular weight excluding hydrogens is 396 g/mol. The van der Waals surface area contributed by atoms with Crippen LogP contribution in [0.2, 0.25) is 0 Å². The van der Waals surface area contributed by atoms with Crippen molar-refractivity contribution in [3.8, 4) is 17.2 Å². The normalized spacial score (nSPS) is 19.6. The van der Waals surface area contributed by atoms with E-state index in [2.05, 4.69) is 58.0 Å². The fraction of sp³-hybridized carbons (Fsp3) is 0.259. The van der Waals surface area contributed by atoms with E-state index in [1.54, 1.807) is 24.3 Å². The van der Waals surface area contributed by atoms with E-state index in [1.165, 1.54) is 17.5 Å². The van der Waals surface area contributed by atoms with Crippen molar-refractivity contribution in [1.82, 2.24) is 15.5 Å². The summed E-state index contributed by atoms with van der Waals surface area (Å²) < 4.78 is 0. The van der Waals surface area contributed by atoms with E-state index in [9.17, 15) is 4.79 Å². The topological polar surface area (TPSA) is 68.2 Å². The average Bonchev–Trinajstić information content (AvgIpc) is 3.46. The van der Waals surface area contributed by atoms with Crippen molar-refractivity contribution >= 4 is 5.91 Å². The second-order valence-electron chi connectivity index (χ2n) is 8.70. The molecule has 2 N–H and O–H groups in total. The number of benzene rings is 3. The first kappa shape index (κ1) is 20.4. The molecule has 5 heteroatoms. The van der Waals surface area contributed by atoms with E-state index in [-0.39, 0.29) is 5.91 Å². The third-order valence-corrected chi connectivity index (χ3v) is 6.45. The van der Waals surface area contributed by atoms with Gasteiger partial charge >= 0.3 is 0 Å². The minimum absolute atomic E-state index is 0.177. The predicted octanol–water partition coefficient (Wildman–Crippen LogP) is 3.70. The number of nitriles is 1. The maximum atomic E-state index is 12.5. The Hall–Kier alpha value is -3.46. The standard InChI is InChI=1S/C27H26N4O/c28-14-19-4-1-9-24(10-19)27(32)30-15-20-5-2-7-22(11-20)23-8-3-6-21(12-23)17-31-18-25-13-26(31)16-29-25/h1-12,25-26,29H,13,15-18H2,(H,30,32)/t25-,26-/m1/s1. The van der Waals surface area contributed by atoms with Gasteiger partial charge in [-0.3, -0.25) is 9.69 Å². The van der Waals surface area contributed by atoms with Crippen LogP contribution >= 0.6 is 0 Å². The number of nitrogens with zero attached hydrogens (tertiary/aromatic N) is 2. The number of fused-ring (bicyclic) bond motifs is 2. The van der Waals surface area contributed by atoms with Gasteiger partial charge in [-0.15, -0.1) is 0 Å². The Morgan fingerprint density at radius 3 is 2.50 bits per heavy atom. The average molecular weight is 423 g/mol. The Bertz CT molecular complexity index is 1180. The molecule has 2 heterocycles. The summed E-state index contributed by atoms with van der Waals surface area (Å²) in [6.45, 7) is 3.68. The lowest BCUT2D eigenvalue weighted by Crippen LogP contribution is -2.42. The van der Waals surface area contributed by atoms with Gasteiger partial charge in [0, 0.05) is 43.8 Å². The molecule has 2 saturated heterocycles. The van der Waals surface area contributed by atoms with Crippen LogP contribution in [0, 0.1) is 11.3 Å². The van der Waals surface area contributed by atoms with Crippen molar-refractivity contribution in [3.63, 3.8) is 0 Å². The summed E-state index contributed by atoms with van der Waals surface area (Å²) in [6.07, 6.45) is 1.27. The molecule has 2 aliphatic heterocycles. The summed E-state index contributed by atoms with van der Waals surface area (Å²) in [4.78, 5) is 15.1. The largest absolute Gasteiger partial charge is 0.348 e. The summed E-state index contributed by atoms with van der Waals surface area (Å²) in [5, 5.41) is 15.6. The van der Waals surface area contributed by atoms with Gasteiger partial charge < -0.3 is 10.6 Å². The molecule has 5 rings (SSSR count). The molecular formula is C27H26N4O. The third-order valence-electron chi connectivity index (χ3n) is 6.45. The molecule has 2 aliphatic rings. The number of likely N-dealkylation sites (tertiary alicyclic amines) is 1. The van der Waals surface area contributed by atoms with E-state index in [0.29, 0.717) is 29.8 Å². The van der Waals surface area contributed by atoms with Gasteiger partial charge in [-0.05, 0) is 59.0 Å². The monoisotopic (exact) mass is 422 g/mol. The fourth-order valence-electron chi connectivity index (χ4n) is 4.80. The molecule has 2 fully saturated rings. The van der Waals surface area contributed by atoms with E-state index < -0.39 is 0 Å². The first-order chi connectivity index (χ1) is 15.7. The molecule has 32 heavy (non-hydrogen) atoms. The van der Waals surface area contributed by atoms with Crippen molar-refractivity contribution < 1.29 is 4.79 Å². The van der Waals surface area contributed by atoms with E-state index in [1.807, 2.05) is 12.1 Å². The number of piperazine rings is 1. The molecule has 0 spiro atoms. The SMILES string of the molecule is N#Cc1cccc(C(=O)NCc2cccc(-c3cccc(CN4C[C@H]5C[C@@H]4CN5)c3)c2)c1. The van der Waals surface area contributed by atoms with Crippen LogP contribution in [0.25, 0.3) is 11.1 Å². The lowest BCUT2D eigenvalue weighted by Gasteiger charge is -2.27. The Morgan fingerprint density at radius 1 is 1.03 bits per heavy atom. The van der Waals surface area contributed by atoms with E-state index in [0.717, 1.165) is 30.8 Å². The summed E-state index contributed by atoms with van der Waals surface area (Å²) >= 11 is 0. The quantitative estimate of drug-likeness (QED) is 0.636. The zero-order valence-electron chi connectivity index (χ0n) is 17.9. The third kappa shape index (κ3) is 4.43. The Kier molecular flexibility index (Phi) is 5.72. The van der Waals surface area contributed by atoms with Gasteiger partial charge in [0.25, 0.3) is 5.91 Å². The Balaban J connectivity index is 1.26. The molecule has 3 aromatic rings. The highest BCUT2D eigenvalue weighted by atomic mass is 16.1. The minimum Gasteiger partial charge on any atom is -0.348 e. The molecule has 160 valence electrons. The van der Waals surface area contributed by atoms with Crippen LogP contribution in [0.15, 0.2) is 72.8 Å². The second-order valence-corrected chi connectivity index (χ2v) is 8.70. The smallest absolute Gasteiger partial charge is 0.251 e. The highest BCUT2D eigenvalue weighted by Gasteiger charge is 2.37. The minimum atomic E-state index is -0.177. The fourth-order valence-corrected chi connectivity index (χ4v) is 4.80. The molecule has 1 amide bonds. The van der Waals surface area contributed by atoms with Gasteiger partial charge in [0.15, 0.2) is 0 Å². The lowest BCUT2D eigenvalue weighted by molar-refractivity contribution is 0.0951. The van der Waals surface area contributed by atoms with Crippen molar-refractivity contribution in [2.75, 3.05) is 13.1 Å². The highest BCUT2D eigenvalue weighted by Crippen LogP contribution is 2.27. The zero-order chi connectivity index (χ0) is 21.9. The van der Waals surface area contributed by atoms with Crippen LogP contribution < -0.4 is 10.6 Å². The van der Waals surface area contributed by atoms with Crippen molar-refractivity contribution in [3.05, 3.63) is 95.1 Å². The van der Waals surface area contributed by atoms with Crippen LogP contribution in [-0.2, 0) is 13.1 Å². The van der Waals surface area contributed by atoms with Crippen LogP contribution in [-0.4, -0.2) is 36.0 Å². The van der Waals surface area contributed by atoms with Gasteiger partial charge in [0.2, 0.25) is 0 Å². The van der Waals surface area contributed by atoms with Crippen LogP contribution in [0.3, 0.4) is 0 Å². The van der Waals surface area contributed by atoms with Gasteiger partial charge in [0.1, 0.15) is 0 Å². The maximum Gasteiger partial charge on any atom is 0.251 e. The lowest BCUT2D eigenvalue weighted by atomic mass is 10.0. The Labute approximate surface area is 188 Å². The molecule has 0 radical (unpaired) electrons. The van der Waals surface area contributed by atoms with Crippen molar-refractivity contribution in [2.24, 2.45) is 0 Å². The molecule has 3 aromatic carbocycles. The number of amides is 1. The van der Waals surface area contributed by atoms with Gasteiger partial charge in [0.05, 0.1) is 11.6 Å². The summed E-state index contributed by atoms with van der Waals surface area (Å²) in [5.74, 6) is -0.177. The molecule has 5 nitrogen and oxygen atoms in total. The number of rotatable bonds is 6. The molecule has 2 bridgehead atoms. The molecule has 0 aromatic heterocycles. The van der Waals surface area contributed by atoms with Gasteiger partial charge in [-0.2, -0.15) is 5.26 Å². The second kappa shape index (κ2) is 8.96. The van der Waals surface area contributed by atoms with E-state index >= 15 is 0 Å². The predicted molar refractivity (Wildman–Crippen MR) is 125 cm³/mol. The summed E-state index contributed by atoms with van der Waals surface area (Å²) in [5.41, 5.74) is 5.71. The molecule has 0 unspecified atom stereocenters. The molecule has 2 atom stereocenters. The summed E-state index contributed by atoms with van der Waals surface area (Å²) in [6, 6.07) is 27.2. The van der Waals surface area contributed by atoms with Crippen molar-refractivity contribution in [2.45, 2.75) is 31.6 Å². The number of nitrogens with one attached hydrogen (secondary N) is 2. The zero-order valence-corrected chi connectivity index (χ0v) is 17.9. The number of carbonyl (C=O) groups is 1. The van der Waals surface area contributed by atoms with Crippen LogP contribution in [0.1, 0.15) is 33.5 Å². The Morgan fingerprint density at radius 2 is 1.78 bits per heavy atom. The van der Waals surface area contributed by atoms with Gasteiger partial charge in [-0.25, -0.2) is 0 Å². The number of hydrogen-bond acceptors (Lipinski definition) is 4. The number of hydrogen-bond donors (Lipinski definition) is 2. The maximum absolute atomic E-state index is 12.5.